The molecule has 7 nitrogen and oxygen atoms in total. The van der Waals surface area contributed by atoms with Crippen molar-refractivity contribution in [1.82, 2.24) is 15.5 Å². The number of aromatic nitrogens is 2. The molecule has 2 N–H and O–H groups in total. The highest BCUT2D eigenvalue weighted by atomic mass is 16.5. The molecule has 1 saturated heterocycles. The van der Waals surface area contributed by atoms with Crippen molar-refractivity contribution in [1.29, 1.82) is 0 Å². The van der Waals surface area contributed by atoms with Crippen LogP contribution in [-0.2, 0) is 9.47 Å². The number of anilines is 1. The van der Waals surface area contributed by atoms with Gasteiger partial charge in [-0.1, -0.05) is 5.10 Å². The van der Waals surface area contributed by atoms with Crippen molar-refractivity contribution in [3.8, 4) is 0 Å². The fraction of sp³-hybridized carbons (Fsp3) is 0.818. The first-order valence-electron chi connectivity index (χ1n) is 6.06. The molecule has 0 spiro atoms. The van der Waals surface area contributed by atoms with Crippen molar-refractivity contribution in [2.75, 3.05) is 39.2 Å². The number of rotatable bonds is 6. The van der Waals surface area contributed by atoms with Gasteiger partial charge in [0.25, 0.3) is 0 Å². The van der Waals surface area contributed by atoms with Crippen LogP contribution in [0.15, 0.2) is 4.42 Å². The van der Waals surface area contributed by atoms with E-state index in [0.717, 1.165) is 13.0 Å². The van der Waals surface area contributed by atoms with Crippen LogP contribution in [0.5, 0.6) is 0 Å². The minimum Gasteiger partial charge on any atom is -0.406 e. The van der Waals surface area contributed by atoms with E-state index in [0.29, 0.717) is 25.1 Å². The maximum atomic E-state index is 5.51. The van der Waals surface area contributed by atoms with Gasteiger partial charge in [-0.2, -0.15) is 0 Å². The molecule has 2 rings (SSSR count). The van der Waals surface area contributed by atoms with Crippen LogP contribution in [0.3, 0.4) is 0 Å². The molecule has 0 aliphatic carbocycles. The highest BCUT2D eigenvalue weighted by Crippen LogP contribution is 2.23. The first-order chi connectivity index (χ1) is 8.69. The van der Waals surface area contributed by atoms with Gasteiger partial charge in [-0.05, 0) is 14.0 Å². The van der Waals surface area contributed by atoms with E-state index in [2.05, 4.69) is 20.8 Å². The second-order valence-electron chi connectivity index (χ2n) is 4.50. The van der Waals surface area contributed by atoms with E-state index in [4.69, 9.17) is 13.9 Å². The van der Waals surface area contributed by atoms with Gasteiger partial charge in [0.2, 0.25) is 5.89 Å². The van der Waals surface area contributed by atoms with Crippen molar-refractivity contribution in [2.45, 2.75) is 25.0 Å². The van der Waals surface area contributed by atoms with E-state index in [1.165, 1.54) is 0 Å². The topological polar surface area (TPSA) is 81.4 Å². The maximum absolute atomic E-state index is 5.51. The average molecular weight is 256 g/mol. The zero-order chi connectivity index (χ0) is 13.0. The Morgan fingerprint density at radius 2 is 2.33 bits per heavy atom. The standard InChI is InChI=1S/C11H20N4O3/c1-8(12-2)9-14-15-10(18-9)13-6-11(16-3)4-5-17-7-11/h8,12H,4-7H2,1-3H3,(H,13,15). The normalized spacial score (nSPS) is 25.3. The van der Waals surface area contributed by atoms with Gasteiger partial charge >= 0.3 is 6.01 Å². The van der Waals surface area contributed by atoms with Crippen molar-refractivity contribution in [2.24, 2.45) is 0 Å². The van der Waals surface area contributed by atoms with Gasteiger partial charge in [0.1, 0.15) is 5.60 Å². The predicted octanol–water partition coefficient (Wildman–Crippen LogP) is 0.567. The maximum Gasteiger partial charge on any atom is 0.315 e. The Hall–Kier alpha value is -1.18. The Morgan fingerprint density at radius 1 is 1.50 bits per heavy atom. The lowest BCUT2D eigenvalue weighted by atomic mass is 10.0. The van der Waals surface area contributed by atoms with E-state index in [9.17, 15) is 0 Å². The molecule has 1 fully saturated rings. The molecule has 1 aromatic rings. The molecule has 7 heteroatoms. The lowest BCUT2D eigenvalue weighted by Gasteiger charge is -2.25. The number of hydrogen-bond acceptors (Lipinski definition) is 7. The van der Waals surface area contributed by atoms with Gasteiger partial charge in [0, 0.05) is 20.1 Å². The summed E-state index contributed by atoms with van der Waals surface area (Å²) in [6.45, 7) is 3.86. The molecule has 0 saturated carbocycles. The smallest absolute Gasteiger partial charge is 0.315 e. The van der Waals surface area contributed by atoms with Crippen LogP contribution in [0.2, 0.25) is 0 Å². The molecule has 0 amide bonds. The number of methoxy groups -OCH3 is 1. The summed E-state index contributed by atoms with van der Waals surface area (Å²) in [6, 6.07) is 0.453. The highest BCUT2D eigenvalue weighted by Gasteiger charge is 2.35. The fourth-order valence-corrected chi connectivity index (χ4v) is 1.80. The van der Waals surface area contributed by atoms with Crippen molar-refractivity contribution in [3.05, 3.63) is 5.89 Å². The summed E-state index contributed by atoms with van der Waals surface area (Å²) in [5.74, 6) is 0.564. The van der Waals surface area contributed by atoms with Crippen molar-refractivity contribution < 1.29 is 13.9 Å². The summed E-state index contributed by atoms with van der Waals surface area (Å²) in [6.07, 6.45) is 0.865. The largest absolute Gasteiger partial charge is 0.406 e. The van der Waals surface area contributed by atoms with Crippen molar-refractivity contribution >= 4 is 6.01 Å². The Labute approximate surface area is 106 Å². The molecule has 0 radical (unpaired) electrons. The molecular weight excluding hydrogens is 236 g/mol. The molecule has 2 heterocycles. The quantitative estimate of drug-likeness (QED) is 0.770. The molecule has 18 heavy (non-hydrogen) atoms. The number of nitrogens with zero attached hydrogens (tertiary/aromatic N) is 2. The summed E-state index contributed by atoms with van der Waals surface area (Å²) in [5.41, 5.74) is -0.288. The minimum absolute atomic E-state index is 0.0410. The number of nitrogens with one attached hydrogen (secondary N) is 2. The third-order valence-electron chi connectivity index (χ3n) is 3.31. The second-order valence-corrected chi connectivity index (χ2v) is 4.50. The Balaban J connectivity index is 1.91. The van der Waals surface area contributed by atoms with Crippen molar-refractivity contribution in [3.63, 3.8) is 0 Å². The number of hydrogen-bond donors (Lipinski definition) is 2. The van der Waals surface area contributed by atoms with Gasteiger partial charge < -0.3 is 24.5 Å². The Bertz CT molecular complexity index is 376. The first kappa shape index (κ1) is 13.3. The van der Waals surface area contributed by atoms with Crippen LogP contribution in [0.25, 0.3) is 0 Å². The van der Waals surface area contributed by atoms with E-state index in [1.54, 1.807) is 7.11 Å². The van der Waals surface area contributed by atoms with Gasteiger partial charge in [0.15, 0.2) is 0 Å². The van der Waals surface area contributed by atoms with Crippen LogP contribution in [0, 0.1) is 0 Å². The molecule has 0 bridgehead atoms. The SMILES string of the molecule is CNC(C)c1nnc(NCC2(OC)CCOC2)o1. The molecule has 1 aliphatic rings. The Morgan fingerprint density at radius 3 is 2.94 bits per heavy atom. The lowest BCUT2D eigenvalue weighted by Crippen LogP contribution is -2.39. The molecule has 102 valence electrons. The first-order valence-corrected chi connectivity index (χ1v) is 6.06. The third-order valence-corrected chi connectivity index (χ3v) is 3.31. The second kappa shape index (κ2) is 5.64. The molecule has 1 aliphatic heterocycles. The zero-order valence-electron chi connectivity index (χ0n) is 11.0. The molecule has 2 unspecified atom stereocenters. The summed E-state index contributed by atoms with van der Waals surface area (Å²) in [4.78, 5) is 0. The summed E-state index contributed by atoms with van der Waals surface area (Å²) < 4.78 is 16.4. The van der Waals surface area contributed by atoms with Crippen LogP contribution >= 0.6 is 0 Å². The van der Waals surface area contributed by atoms with E-state index < -0.39 is 0 Å². The number of ether oxygens (including phenoxy) is 2. The van der Waals surface area contributed by atoms with Crippen LogP contribution in [0.4, 0.5) is 6.01 Å². The average Bonchev–Trinajstić information content (AvgIpc) is 3.05. The fourth-order valence-electron chi connectivity index (χ4n) is 1.80. The molecule has 2 atom stereocenters. The molecule has 0 aromatic carbocycles. The van der Waals surface area contributed by atoms with Crippen LogP contribution < -0.4 is 10.6 Å². The highest BCUT2D eigenvalue weighted by molar-refractivity contribution is 5.19. The van der Waals surface area contributed by atoms with E-state index in [-0.39, 0.29) is 11.6 Å². The van der Waals surface area contributed by atoms with E-state index in [1.807, 2.05) is 14.0 Å². The van der Waals surface area contributed by atoms with Gasteiger partial charge in [-0.25, -0.2) is 0 Å². The molecular formula is C11H20N4O3. The third kappa shape index (κ3) is 2.80. The zero-order valence-corrected chi connectivity index (χ0v) is 11.0. The summed E-state index contributed by atoms with van der Waals surface area (Å²) in [5, 5.41) is 14.1. The summed E-state index contributed by atoms with van der Waals surface area (Å²) in [7, 11) is 3.54. The monoisotopic (exact) mass is 256 g/mol. The van der Waals surface area contributed by atoms with Crippen LogP contribution in [-0.4, -0.2) is 49.7 Å². The molecule has 1 aromatic heterocycles. The van der Waals surface area contributed by atoms with Gasteiger partial charge in [0.05, 0.1) is 19.2 Å². The Kier molecular flexibility index (Phi) is 4.15. The van der Waals surface area contributed by atoms with Gasteiger partial charge in [-0.15, -0.1) is 5.10 Å². The van der Waals surface area contributed by atoms with E-state index >= 15 is 0 Å². The lowest BCUT2D eigenvalue weighted by molar-refractivity contribution is -0.00654. The van der Waals surface area contributed by atoms with Gasteiger partial charge in [-0.3, -0.25) is 0 Å². The predicted molar refractivity (Wildman–Crippen MR) is 65.4 cm³/mol. The van der Waals surface area contributed by atoms with Crippen LogP contribution in [0.1, 0.15) is 25.3 Å². The minimum atomic E-state index is -0.288. The summed E-state index contributed by atoms with van der Waals surface area (Å²) >= 11 is 0.